The molecular formula is C10H10N4OS2. The van der Waals surface area contributed by atoms with Gasteiger partial charge in [0.25, 0.3) is 0 Å². The smallest absolute Gasteiger partial charge is 0.308 e. The van der Waals surface area contributed by atoms with Crippen LogP contribution in [-0.4, -0.2) is 16.2 Å². The van der Waals surface area contributed by atoms with Crippen molar-refractivity contribution in [1.82, 2.24) is 10.2 Å². The number of nitrogens with zero attached hydrogens (tertiary/aromatic N) is 1. The second-order valence-corrected chi connectivity index (χ2v) is 5.03. The highest BCUT2D eigenvalue weighted by atomic mass is 32.1. The van der Waals surface area contributed by atoms with Crippen LogP contribution in [0.4, 0.5) is 15.6 Å². The van der Waals surface area contributed by atoms with E-state index in [2.05, 4.69) is 20.8 Å². The van der Waals surface area contributed by atoms with Crippen LogP contribution in [0.3, 0.4) is 0 Å². The van der Waals surface area contributed by atoms with E-state index in [1.807, 2.05) is 31.2 Å². The first-order valence-electron chi connectivity index (χ1n) is 4.84. The van der Waals surface area contributed by atoms with Gasteiger partial charge >= 0.3 is 6.03 Å². The standard InChI is InChI=1S/C10H10N4OS2/c1-6-2-4-7(5-3-6)11-8(15)12-9-13-14-10(16)17-9/h2-5H,1H3,(H,14,16)(H2,11,12,13,15). The topological polar surface area (TPSA) is 69.8 Å². The van der Waals surface area contributed by atoms with Crippen molar-refractivity contribution in [3.8, 4) is 0 Å². The molecule has 2 amide bonds. The highest BCUT2D eigenvalue weighted by Gasteiger charge is 2.04. The largest absolute Gasteiger partial charge is 0.325 e. The summed E-state index contributed by atoms with van der Waals surface area (Å²) in [5, 5.41) is 12.1. The van der Waals surface area contributed by atoms with Gasteiger partial charge in [-0.25, -0.2) is 4.79 Å². The van der Waals surface area contributed by atoms with Gasteiger partial charge in [-0.05, 0) is 31.3 Å². The van der Waals surface area contributed by atoms with Crippen LogP contribution in [0.15, 0.2) is 24.3 Å². The number of benzene rings is 1. The number of H-pyrrole nitrogens is 1. The molecule has 3 N–H and O–H groups in total. The number of urea groups is 1. The minimum atomic E-state index is -0.341. The average Bonchev–Trinajstić information content (AvgIpc) is 2.67. The van der Waals surface area contributed by atoms with Crippen LogP contribution >= 0.6 is 23.6 Å². The fraction of sp³-hybridized carbons (Fsp3) is 0.100. The van der Waals surface area contributed by atoms with Crippen LogP contribution < -0.4 is 10.6 Å². The Morgan fingerprint density at radius 2 is 2.06 bits per heavy atom. The molecule has 2 aromatic rings. The van der Waals surface area contributed by atoms with E-state index in [0.717, 1.165) is 11.3 Å². The predicted molar refractivity (Wildman–Crippen MR) is 71.1 cm³/mol. The van der Waals surface area contributed by atoms with Crippen LogP contribution in [0.5, 0.6) is 0 Å². The van der Waals surface area contributed by atoms with Gasteiger partial charge in [0.2, 0.25) is 5.13 Å². The van der Waals surface area contributed by atoms with Gasteiger partial charge in [0.1, 0.15) is 0 Å². The Balaban J connectivity index is 1.97. The molecule has 1 aromatic heterocycles. The van der Waals surface area contributed by atoms with Crippen molar-refractivity contribution < 1.29 is 4.79 Å². The number of anilines is 2. The molecule has 5 nitrogen and oxygen atoms in total. The summed E-state index contributed by atoms with van der Waals surface area (Å²) in [6.07, 6.45) is 0. The Morgan fingerprint density at radius 3 is 2.65 bits per heavy atom. The van der Waals surface area contributed by atoms with E-state index in [4.69, 9.17) is 12.2 Å². The highest BCUT2D eigenvalue weighted by Crippen LogP contribution is 2.12. The van der Waals surface area contributed by atoms with E-state index in [-0.39, 0.29) is 6.03 Å². The van der Waals surface area contributed by atoms with Gasteiger partial charge < -0.3 is 5.32 Å². The van der Waals surface area contributed by atoms with Crippen molar-refractivity contribution in [3.05, 3.63) is 33.8 Å². The van der Waals surface area contributed by atoms with Crippen molar-refractivity contribution in [3.63, 3.8) is 0 Å². The molecule has 1 aromatic carbocycles. The molecule has 17 heavy (non-hydrogen) atoms. The molecule has 0 saturated heterocycles. The number of carbonyl (C=O) groups excluding carboxylic acids is 1. The van der Waals surface area contributed by atoms with E-state index in [0.29, 0.717) is 9.09 Å². The molecular weight excluding hydrogens is 256 g/mol. The third kappa shape index (κ3) is 3.36. The number of amides is 2. The zero-order chi connectivity index (χ0) is 12.3. The third-order valence-corrected chi connectivity index (χ3v) is 2.97. The van der Waals surface area contributed by atoms with Crippen molar-refractivity contribution in [1.29, 1.82) is 0 Å². The first-order chi connectivity index (χ1) is 8.13. The molecule has 2 rings (SSSR count). The summed E-state index contributed by atoms with van der Waals surface area (Å²) in [6, 6.07) is 7.18. The second-order valence-electron chi connectivity index (χ2n) is 3.36. The van der Waals surface area contributed by atoms with Crippen LogP contribution in [0.2, 0.25) is 0 Å². The normalized spacial score (nSPS) is 9.94. The Morgan fingerprint density at radius 1 is 1.35 bits per heavy atom. The summed E-state index contributed by atoms with van der Waals surface area (Å²) >= 11 is 6.06. The lowest BCUT2D eigenvalue weighted by Gasteiger charge is -2.04. The van der Waals surface area contributed by atoms with Crippen molar-refractivity contribution >= 4 is 40.4 Å². The van der Waals surface area contributed by atoms with E-state index < -0.39 is 0 Å². The van der Waals surface area contributed by atoms with Crippen molar-refractivity contribution in [2.24, 2.45) is 0 Å². The predicted octanol–water partition coefficient (Wildman–Crippen LogP) is 3.15. The minimum Gasteiger partial charge on any atom is -0.308 e. The summed E-state index contributed by atoms with van der Waals surface area (Å²) in [5.41, 5.74) is 1.87. The maximum Gasteiger partial charge on any atom is 0.325 e. The second kappa shape index (κ2) is 5.07. The minimum absolute atomic E-state index is 0.341. The number of aryl methyl sites for hydroxylation is 1. The molecule has 1 heterocycles. The first-order valence-corrected chi connectivity index (χ1v) is 6.06. The molecule has 0 aliphatic heterocycles. The number of hydrogen-bond donors (Lipinski definition) is 3. The number of nitrogens with one attached hydrogen (secondary N) is 3. The SMILES string of the molecule is Cc1ccc(NC(=O)Nc2n[nH]c(=S)s2)cc1. The summed E-state index contributed by atoms with van der Waals surface area (Å²) in [6.45, 7) is 1.99. The molecule has 0 aliphatic rings. The van der Waals surface area contributed by atoms with Crippen molar-refractivity contribution in [2.75, 3.05) is 10.6 Å². The van der Waals surface area contributed by atoms with Gasteiger partial charge in [-0.3, -0.25) is 10.4 Å². The lowest BCUT2D eigenvalue weighted by molar-refractivity contribution is 0.262. The zero-order valence-electron chi connectivity index (χ0n) is 8.98. The molecule has 88 valence electrons. The monoisotopic (exact) mass is 266 g/mol. The van der Waals surface area contributed by atoms with Crippen LogP contribution in [-0.2, 0) is 0 Å². The van der Waals surface area contributed by atoms with E-state index in [1.54, 1.807) is 0 Å². The van der Waals surface area contributed by atoms with Gasteiger partial charge in [-0.2, -0.15) is 0 Å². The number of rotatable bonds is 2. The van der Waals surface area contributed by atoms with Crippen LogP contribution in [0.25, 0.3) is 0 Å². The van der Waals surface area contributed by atoms with Crippen molar-refractivity contribution in [2.45, 2.75) is 6.92 Å². The van der Waals surface area contributed by atoms with E-state index in [9.17, 15) is 4.79 Å². The lowest BCUT2D eigenvalue weighted by Crippen LogP contribution is -2.19. The molecule has 0 saturated carbocycles. The quantitative estimate of drug-likeness (QED) is 0.731. The van der Waals surface area contributed by atoms with E-state index >= 15 is 0 Å². The van der Waals surface area contributed by atoms with Gasteiger partial charge in [-0.1, -0.05) is 29.0 Å². The number of carbonyl (C=O) groups is 1. The molecule has 0 bridgehead atoms. The number of hydrogen-bond acceptors (Lipinski definition) is 4. The Hall–Kier alpha value is -1.73. The zero-order valence-corrected chi connectivity index (χ0v) is 10.6. The fourth-order valence-corrected chi connectivity index (χ4v) is 1.96. The van der Waals surface area contributed by atoms with Gasteiger partial charge in [-0.15, -0.1) is 5.10 Å². The lowest BCUT2D eigenvalue weighted by atomic mass is 10.2. The molecule has 7 heteroatoms. The van der Waals surface area contributed by atoms with Crippen LogP contribution in [0, 0.1) is 10.9 Å². The maximum atomic E-state index is 11.6. The Bertz CT molecular complexity index is 572. The molecule has 0 atom stereocenters. The average molecular weight is 266 g/mol. The van der Waals surface area contributed by atoms with E-state index in [1.165, 1.54) is 11.3 Å². The Labute approximate surface area is 107 Å². The van der Waals surface area contributed by atoms with Gasteiger partial charge in [0.05, 0.1) is 0 Å². The number of aromatic nitrogens is 2. The summed E-state index contributed by atoms with van der Waals surface area (Å²) in [4.78, 5) is 11.6. The summed E-state index contributed by atoms with van der Waals surface area (Å²) < 4.78 is 0.524. The first kappa shape index (κ1) is 11.7. The van der Waals surface area contributed by atoms with Crippen LogP contribution in [0.1, 0.15) is 5.56 Å². The number of aromatic amines is 1. The molecule has 0 aliphatic carbocycles. The fourth-order valence-electron chi connectivity index (χ4n) is 1.18. The summed E-state index contributed by atoms with van der Waals surface area (Å²) in [7, 11) is 0. The Kier molecular flexibility index (Phi) is 3.50. The van der Waals surface area contributed by atoms with Gasteiger partial charge in [0, 0.05) is 5.69 Å². The maximum absolute atomic E-state index is 11.6. The third-order valence-electron chi connectivity index (χ3n) is 1.97. The molecule has 0 unspecified atom stereocenters. The van der Waals surface area contributed by atoms with Gasteiger partial charge in [0.15, 0.2) is 3.95 Å². The highest BCUT2D eigenvalue weighted by molar-refractivity contribution is 7.73. The molecule has 0 radical (unpaired) electrons. The summed E-state index contributed by atoms with van der Waals surface area (Å²) in [5.74, 6) is 0. The molecule has 0 fully saturated rings. The molecule has 0 spiro atoms.